The van der Waals surface area contributed by atoms with Crippen LogP contribution < -0.4 is 0 Å². The molecule has 6 rings (SSSR count). The average Bonchev–Trinajstić information content (AvgIpc) is 3.35. The molecular weight excluding hydrogens is 452 g/mol. The zero-order valence-corrected chi connectivity index (χ0v) is 21.5. The van der Waals surface area contributed by atoms with E-state index >= 15 is 0 Å². The Morgan fingerprint density at radius 2 is 1.75 bits per heavy atom. The summed E-state index contributed by atoms with van der Waals surface area (Å²) in [4.78, 5) is 27.9. The van der Waals surface area contributed by atoms with E-state index in [1.807, 2.05) is 50.3 Å². The lowest BCUT2D eigenvalue weighted by Crippen LogP contribution is -2.65. The molecule has 5 nitrogen and oxygen atoms in total. The predicted molar refractivity (Wildman–Crippen MR) is 137 cm³/mol. The summed E-state index contributed by atoms with van der Waals surface area (Å²) in [7, 11) is 0. The SMILES string of the molecule is CC1=C[C@@H]2C(=O)[C@]3(C=C(C)[C@H](O)[C@@]3(O)[C@@H]1OC(=O)c1ccc3ccccc3c1)[C@H](C)C[C@@H]1[C@H]2C1(C)C. The Morgan fingerprint density at radius 3 is 2.47 bits per heavy atom. The third-order valence-corrected chi connectivity index (χ3v) is 10.1. The average molecular weight is 487 g/mol. The first-order chi connectivity index (χ1) is 16.9. The molecule has 188 valence electrons. The Morgan fingerprint density at radius 1 is 1.06 bits per heavy atom. The summed E-state index contributed by atoms with van der Waals surface area (Å²) in [5.41, 5.74) is -1.74. The number of carbonyl (C=O) groups is 2. The van der Waals surface area contributed by atoms with Gasteiger partial charge in [0.15, 0.2) is 17.5 Å². The van der Waals surface area contributed by atoms with Crippen molar-refractivity contribution in [3.8, 4) is 0 Å². The Kier molecular flexibility index (Phi) is 4.85. The van der Waals surface area contributed by atoms with Gasteiger partial charge < -0.3 is 14.9 Å². The fourth-order valence-electron chi connectivity index (χ4n) is 8.06. The molecule has 36 heavy (non-hydrogen) atoms. The summed E-state index contributed by atoms with van der Waals surface area (Å²) in [6, 6.07) is 13.1. The van der Waals surface area contributed by atoms with Gasteiger partial charge in [-0.1, -0.05) is 63.3 Å². The van der Waals surface area contributed by atoms with Crippen LogP contribution in [-0.2, 0) is 9.53 Å². The first-order valence-corrected chi connectivity index (χ1v) is 13.0. The molecule has 2 aromatic carbocycles. The number of fused-ring (bicyclic) bond motifs is 4. The molecule has 2 fully saturated rings. The number of hydrogen-bond donors (Lipinski definition) is 2. The number of carbonyl (C=O) groups excluding carboxylic acids is 2. The van der Waals surface area contributed by atoms with Gasteiger partial charge in [0.25, 0.3) is 0 Å². The number of hydrogen-bond acceptors (Lipinski definition) is 5. The van der Waals surface area contributed by atoms with Gasteiger partial charge in [-0.25, -0.2) is 4.79 Å². The standard InChI is InChI=1S/C31H34O5/c1-16-12-22-24-23(29(24,4)5)13-18(3)30(26(22)33)15-17(2)25(32)31(30,35)27(16)36-28(34)21-11-10-19-8-6-7-9-20(19)14-21/h6-12,14-15,18,22-25,27,32,35H,13H2,1-5H3/t18-,22+,23-,24+,25+,27-,30+,31-/m1/s1. The van der Waals surface area contributed by atoms with E-state index in [1.165, 1.54) is 0 Å². The molecule has 4 aliphatic rings. The number of esters is 1. The third-order valence-electron chi connectivity index (χ3n) is 10.1. The van der Waals surface area contributed by atoms with Crippen molar-refractivity contribution >= 4 is 22.5 Å². The third kappa shape index (κ3) is 2.79. The summed E-state index contributed by atoms with van der Waals surface area (Å²) in [5.74, 6) is -0.708. The summed E-state index contributed by atoms with van der Waals surface area (Å²) in [5, 5.41) is 25.8. The number of rotatable bonds is 2. The minimum absolute atomic E-state index is 0.0304. The zero-order chi connectivity index (χ0) is 25.8. The van der Waals surface area contributed by atoms with E-state index in [2.05, 4.69) is 13.8 Å². The molecule has 2 N–H and O–H groups in total. The maximum atomic E-state index is 14.4. The highest BCUT2D eigenvalue weighted by Gasteiger charge is 2.76. The number of Topliss-reactive ketones (excluding diaryl/α,β-unsaturated/α-hetero) is 1. The Bertz CT molecular complexity index is 1370. The topological polar surface area (TPSA) is 83.8 Å². The Labute approximate surface area is 211 Å². The molecule has 5 heteroatoms. The van der Waals surface area contributed by atoms with Crippen LogP contribution in [0.2, 0.25) is 0 Å². The van der Waals surface area contributed by atoms with Crippen molar-refractivity contribution in [2.75, 3.05) is 0 Å². The largest absolute Gasteiger partial charge is 0.451 e. The molecule has 1 spiro atoms. The van der Waals surface area contributed by atoms with Crippen molar-refractivity contribution in [3.05, 3.63) is 71.3 Å². The van der Waals surface area contributed by atoms with Crippen molar-refractivity contribution in [2.45, 2.75) is 58.8 Å². The van der Waals surface area contributed by atoms with Gasteiger partial charge in [-0.05, 0) is 77.5 Å². The highest BCUT2D eigenvalue weighted by molar-refractivity contribution is 5.97. The molecule has 0 heterocycles. The molecule has 2 aromatic rings. The molecule has 0 aliphatic heterocycles. The molecule has 2 bridgehead atoms. The molecule has 2 saturated carbocycles. The van der Waals surface area contributed by atoms with E-state index in [1.54, 1.807) is 25.1 Å². The maximum absolute atomic E-state index is 14.4. The van der Waals surface area contributed by atoms with Crippen LogP contribution >= 0.6 is 0 Å². The van der Waals surface area contributed by atoms with Gasteiger partial charge in [0.2, 0.25) is 0 Å². The molecular formula is C31H34O5. The maximum Gasteiger partial charge on any atom is 0.338 e. The fraction of sp³-hybridized carbons (Fsp3) is 0.484. The number of aliphatic hydroxyl groups excluding tert-OH is 1. The van der Waals surface area contributed by atoms with Crippen LogP contribution in [0.15, 0.2) is 65.8 Å². The van der Waals surface area contributed by atoms with Crippen LogP contribution in [0.4, 0.5) is 0 Å². The lowest BCUT2D eigenvalue weighted by Gasteiger charge is -2.49. The molecule has 0 aromatic heterocycles. The van der Waals surface area contributed by atoms with E-state index < -0.39 is 29.2 Å². The van der Waals surface area contributed by atoms with Crippen LogP contribution in [0, 0.1) is 34.5 Å². The quantitative estimate of drug-likeness (QED) is 0.468. The van der Waals surface area contributed by atoms with Crippen LogP contribution in [0.3, 0.4) is 0 Å². The minimum atomic E-state index is -1.98. The Hall–Kier alpha value is -2.76. The molecule has 0 radical (unpaired) electrons. The van der Waals surface area contributed by atoms with Crippen LogP contribution in [-0.4, -0.2) is 39.8 Å². The molecule has 8 atom stereocenters. The van der Waals surface area contributed by atoms with Crippen LogP contribution in [0.25, 0.3) is 10.8 Å². The Balaban J connectivity index is 1.48. The summed E-state index contributed by atoms with van der Waals surface area (Å²) < 4.78 is 6.09. The van der Waals surface area contributed by atoms with Gasteiger partial charge in [0.05, 0.1) is 11.0 Å². The van der Waals surface area contributed by atoms with Crippen LogP contribution in [0.5, 0.6) is 0 Å². The van der Waals surface area contributed by atoms with Gasteiger partial charge >= 0.3 is 5.97 Å². The van der Waals surface area contributed by atoms with E-state index in [0.29, 0.717) is 22.6 Å². The smallest absolute Gasteiger partial charge is 0.338 e. The lowest BCUT2D eigenvalue weighted by molar-refractivity contribution is -0.189. The van der Waals surface area contributed by atoms with Gasteiger partial charge in [-0.15, -0.1) is 0 Å². The number of benzene rings is 2. The molecule has 4 aliphatic carbocycles. The van der Waals surface area contributed by atoms with E-state index in [0.717, 1.165) is 17.2 Å². The van der Waals surface area contributed by atoms with Crippen LogP contribution in [0.1, 0.15) is 51.4 Å². The molecule has 0 unspecified atom stereocenters. The first kappa shape index (κ1) is 23.6. The zero-order valence-electron chi connectivity index (χ0n) is 21.5. The second-order valence-electron chi connectivity index (χ2n) is 12.2. The normalized spacial score (nSPS) is 40.4. The summed E-state index contributed by atoms with van der Waals surface area (Å²) in [6.45, 7) is 9.98. The summed E-state index contributed by atoms with van der Waals surface area (Å²) >= 11 is 0. The van der Waals surface area contributed by atoms with E-state index in [4.69, 9.17) is 4.74 Å². The minimum Gasteiger partial charge on any atom is -0.451 e. The van der Waals surface area contributed by atoms with Gasteiger partial charge in [0.1, 0.15) is 6.10 Å². The van der Waals surface area contributed by atoms with E-state index in [-0.39, 0.29) is 29.0 Å². The number of allylic oxidation sites excluding steroid dienone is 1. The highest BCUT2D eigenvalue weighted by atomic mass is 16.6. The first-order valence-electron chi connectivity index (χ1n) is 13.0. The van der Waals surface area contributed by atoms with Gasteiger partial charge in [-0.2, -0.15) is 0 Å². The van der Waals surface area contributed by atoms with Crippen molar-refractivity contribution in [2.24, 2.45) is 34.5 Å². The van der Waals surface area contributed by atoms with Gasteiger partial charge in [0, 0.05) is 5.92 Å². The van der Waals surface area contributed by atoms with Crippen molar-refractivity contribution in [3.63, 3.8) is 0 Å². The molecule has 0 amide bonds. The van der Waals surface area contributed by atoms with Gasteiger partial charge in [-0.3, -0.25) is 4.79 Å². The highest BCUT2D eigenvalue weighted by Crippen LogP contribution is 2.71. The van der Waals surface area contributed by atoms with Crippen molar-refractivity contribution < 1.29 is 24.5 Å². The lowest BCUT2D eigenvalue weighted by atomic mass is 9.59. The summed E-state index contributed by atoms with van der Waals surface area (Å²) in [6.07, 6.45) is 2.01. The second-order valence-corrected chi connectivity index (χ2v) is 12.2. The second kappa shape index (κ2) is 7.39. The van der Waals surface area contributed by atoms with Crippen molar-refractivity contribution in [1.29, 1.82) is 0 Å². The fourth-order valence-corrected chi connectivity index (χ4v) is 8.06. The predicted octanol–water partition coefficient (Wildman–Crippen LogP) is 4.86. The number of aliphatic hydroxyl groups is 2. The number of ketones is 1. The number of ether oxygens (including phenoxy) is 1. The molecule has 0 saturated heterocycles. The van der Waals surface area contributed by atoms with E-state index in [9.17, 15) is 19.8 Å². The monoisotopic (exact) mass is 486 g/mol. The van der Waals surface area contributed by atoms with Crippen molar-refractivity contribution in [1.82, 2.24) is 0 Å².